The predicted octanol–water partition coefficient (Wildman–Crippen LogP) is 2.31. The molecule has 24 heavy (non-hydrogen) atoms. The van der Waals surface area contributed by atoms with Crippen LogP contribution < -0.4 is 14.4 Å². The normalized spacial score (nSPS) is 20.0. The number of hydrogen-bond acceptors (Lipinski definition) is 4. The van der Waals surface area contributed by atoms with Gasteiger partial charge in [0, 0.05) is 25.6 Å². The molecule has 126 valence electrons. The molecule has 2 heterocycles. The highest BCUT2D eigenvalue weighted by Crippen LogP contribution is 2.32. The van der Waals surface area contributed by atoms with Crippen LogP contribution in [0.5, 0.6) is 5.75 Å². The number of rotatable bonds is 2. The maximum absolute atomic E-state index is 13.3. The Bertz CT molecular complexity index is 880. The summed E-state index contributed by atoms with van der Waals surface area (Å²) in [7, 11) is -3.62. The molecule has 2 aliphatic heterocycles. The highest BCUT2D eigenvalue weighted by atomic mass is 32.2. The van der Waals surface area contributed by atoms with Crippen molar-refractivity contribution < 1.29 is 13.2 Å². The van der Waals surface area contributed by atoms with Crippen LogP contribution in [0.15, 0.2) is 47.4 Å². The molecule has 2 aromatic carbocycles. The lowest BCUT2D eigenvalue weighted by molar-refractivity contribution is 0.356. The van der Waals surface area contributed by atoms with Crippen LogP contribution in [-0.2, 0) is 23.0 Å². The van der Waals surface area contributed by atoms with Gasteiger partial charge in [-0.25, -0.2) is 8.42 Å². The summed E-state index contributed by atoms with van der Waals surface area (Å²) in [6.07, 6.45) is 0.757. The summed E-state index contributed by atoms with van der Waals surface area (Å²) in [5.74, 6) is 0.792. The third-order valence-corrected chi connectivity index (χ3v) is 6.37. The minimum absolute atomic E-state index is 0.0740. The Morgan fingerprint density at radius 2 is 2.00 bits per heavy atom. The van der Waals surface area contributed by atoms with Crippen LogP contribution in [0.3, 0.4) is 0 Å². The molecule has 1 unspecified atom stereocenters. The average Bonchev–Trinajstić information content (AvgIpc) is 2.98. The Kier molecular flexibility index (Phi) is 3.73. The number of hydrogen-bond donors (Lipinski definition) is 1. The zero-order chi connectivity index (χ0) is 16.7. The van der Waals surface area contributed by atoms with Crippen LogP contribution in [0, 0.1) is 0 Å². The molecular weight excluding hydrogens is 324 g/mol. The van der Waals surface area contributed by atoms with Crippen LogP contribution in [0.2, 0.25) is 0 Å². The van der Waals surface area contributed by atoms with Crippen LogP contribution in [-0.4, -0.2) is 27.6 Å². The Hall–Kier alpha value is -2.05. The monoisotopic (exact) mass is 344 g/mol. The lowest BCUT2D eigenvalue weighted by Gasteiger charge is -2.26. The van der Waals surface area contributed by atoms with E-state index in [0.717, 1.165) is 29.0 Å². The molecule has 1 N–H and O–H groups in total. The maximum Gasteiger partial charge on any atom is 0.264 e. The van der Waals surface area contributed by atoms with Crippen molar-refractivity contribution in [1.29, 1.82) is 0 Å². The van der Waals surface area contributed by atoms with E-state index in [1.165, 1.54) is 4.31 Å². The smallest absolute Gasteiger partial charge is 0.264 e. The molecule has 4 rings (SSSR count). The van der Waals surface area contributed by atoms with E-state index in [4.69, 9.17) is 4.74 Å². The molecule has 0 aromatic heterocycles. The van der Waals surface area contributed by atoms with Crippen LogP contribution in [0.4, 0.5) is 5.69 Å². The third kappa shape index (κ3) is 2.56. The molecule has 0 radical (unpaired) electrons. The van der Waals surface area contributed by atoms with Gasteiger partial charge in [0.1, 0.15) is 5.75 Å². The third-order valence-electron chi connectivity index (χ3n) is 4.59. The fraction of sp³-hybridized carbons (Fsp3) is 0.333. The van der Waals surface area contributed by atoms with E-state index >= 15 is 0 Å². The lowest BCUT2D eigenvalue weighted by atomic mass is 10.2. The number of benzene rings is 2. The lowest BCUT2D eigenvalue weighted by Crippen LogP contribution is -2.39. The van der Waals surface area contributed by atoms with E-state index in [9.17, 15) is 8.42 Å². The van der Waals surface area contributed by atoms with Crippen molar-refractivity contribution in [2.75, 3.05) is 17.5 Å². The van der Waals surface area contributed by atoms with Crippen molar-refractivity contribution in [2.45, 2.75) is 30.8 Å². The van der Waals surface area contributed by atoms with Crippen LogP contribution >= 0.6 is 0 Å². The zero-order valence-corrected chi connectivity index (χ0v) is 14.3. The first-order valence-corrected chi connectivity index (χ1v) is 9.59. The number of para-hydroxylation sites is 1. The maximum atomic E-state index is 13.3. The minimum atomic E-state index is -3.62. The summed E-state index contributed by atoms with van der Waals surface area (Å²) in [5, 5.41) is 3.37. The van der Waals surface area contributed by atoms with Gasteiger partial charge in [0.15, 0.2) is 0 Å². The van der Waals surface area contributed by atoms with Crippen molar-refractivity contribution in [2.24, 2.45) is 0 Å². The van der Waals surface area contributed by atoms with E-state index in [-0.39, 0.29) is 6.04 Å². The van der Waals surface area contributed by atoms with Gasteiger partial charge in [-0.2, -0.15) is 0 Å². The van der Waals surface area contributed by atoms with Gasteiger partial charge in [-0.05, 0) is 42.3 Å². The van der Waals surface area contributed by atoms with Crippen molar-refractivity contribution in [3.05, 3.63) is 53.6 Å². The van der Waals surface area contributed by atoms with E-state index in [1.807, 2.05) is 31.2 Å². The first-order valence-electron chi connectivity index (χ1n) is 8.15. The molecule has 0 fully saturated rings. The minimum Gasteiger partial charge on any atom is -0.493 e. The second-order valence-electron chi connectivity index (χ2n) is 6.31. The summed E-state index contributed by atoms with van der Waals surface area (Å²) >= 11 is 0. The number of ether oxygens (including phenoxy) is 1. The molecule has 0 amide bonds. The summed E-state index contributed by atoms with van der Waals surface area (Å²) in [6, 6.07) is 12.9. The summed E-state index contributed by atoms with van der Waals surface area (Å²) in [5.41, 5.74) is 2.71. The predicted molar refractivity (Wildman–Crippen MR) is 92.9 cm³/mol. The Morgan fingerprint density at radius 1 is 1.17 bits per heavy atom. The molecule has 0 bridgehead atoms. The fourth-order valence-corrected chi connectivity index (χ4v) is 4.92. The molecule has 0 saturated heterocycles. The van der Waals surface area contributed by atoms with Gasteiger partial charge in [0.05, 0.1) is 17.2 Å². The highest BCUT2D eigenvalue weighted by molar-refractivity contribution is 7.92. The Balaban J connectivity index is 1.81. The highest BCUT2D eigenvalue weighted by Gasteiger charge is 2.30. The van der Waals surface area contributed by atoms with Gasteiger partial charge in [0.2, 0.25) is 0 Å². The van der Waals surface area contributed by atoms with Crippen molar-refractivity contribution in [1.82, 2.24) is 5.32 Å². The molecule has 6 heteroatoms. The largest absolute Gasteiger partial charge is 0.493 e. The first kappa shape index (κ1) is 15.5. The average molecular weight is 344 g/mol. The number of nitrogens with one attached hydrogen (secondary N) is 1. The van der Waals surface area contributed by atoms with Gasteiger partial charge < -0.3 is 10.1 Å². The number of nitrogens with zero attached hydrogens (tertiary/aromatic N) is 1. The van der Waals surface area contributed by atoms with Crippen molar-refractivity contribution >= 4 is 15.7 Å². The van der Waals surface area contributed by atoms with E-state index < -0.39 is 10.0 Å². The molecule has 0 spiro atoms. The number of anilines is 1. The summed E-state index contributed by atoms with van der Waals surface area (Å²) in [4.78, 5) is 0.329. The second kappa shape index (κ2) is 5.79. The molecule has 2 aliphatic rings. The van der Waals surface area contributed by atoms with E-state index in [0.29, 0.717) is 24.6 Å². The molecule has 0 saturated carbocycles. The van der Waals surface area contributed by atoms with Crippen molar-refractivity contribution in [3.63, 3.8) is 0 Å². The molecule has 5 nitrogen and oxygen atoms in total. The van der Waals surface area contributed by atoms with Crippen LogP contribution in [0.1, 0.15) is 18.1 Å². The van der Waals surface area contributed by atoms with Gasteiger partial charge in [0.25, 0.3) is 10.0 Å². The first-order chi connectivity index (χ1) is 11.6. The SMILES string of the molecule is CC1CN(S(=O)(=O)c2ccc3c(c2)CCO3)c2ccccc2CN1. The van der Waals surface area contributed by atoms with Crippen LogP contribution in [0.25, 0.3) is 0 Å². The van der Waals surface area contributed by atoms with Gasteiger partial charge in [-0.1, -0.05) is 18.2 Å². The number of fused-ring (bicyclic) bond motifs is 2. The second-order valence-corrected chi connectivity index (χ2v) is 8.18. The standard InChI is InChI=1S/C18H20N2O3S/c1-13-12-20(17-5-3-2-4-15(17)11-19-13)24(21,22)16-6-7-18-14(10-16)8-9-23-18/h2-7,10,13,19H,8-9,11-12H2,1H3. The Morgan fingerprint density at radius 3 is 2.88 bits per heavy atom. The summed E-state index contributed by atoms with van der Waals surface area (Å²) in [6.45, 7) is 3.70. The summed E-state index contributed by atoms with van der Waals surface area (Å²) < 4.78 is 33.6. The van der Waals surface area contributed by atoms with Crippen molar-refractivity contribution in [3.8, 4) is 5.75 Å². The quantitative estimate of drug-likeness (QED) is 0.908. The topological polar surface area (TPSA) is 58.6 Å². The molecule has 1 atom stereocenters. The molecule has 0 aliphatic carbocycles. The van der Waals surface area contributed by atoms with Gasteiger partial charge in [-0.3, -0.25) is 4.31 Å². The molecular formula is C18H20N2O3S. The fourth-order valence-electron chi connectivity index (χ4n) is 3.28. The van der Waals surface area contributed by atoms with Gasteiger partial charge >= 0.3 is 0 Å². The van der Waals surface area contributed by atoms with Gasteiger partial charge in [-0.15, -0.1) is 0 Å². The van der Waals surface area contributed by atoms with E-state index in [1.54, 1.807) is 18.2 Å². The molecule has 2 aromatic rings. The zero-order valence-electron chi connectivity index (χ0n) is 13.5. The number of sulfonamides is 1. The van der Waals surface area contributed by atoms with E-state index in [2.05, 4.69) is 5.32 Å². The Labute approximate surface area is 142 Å².